The number of benzene rings is 2. The van der Waals surface area contributed by atoms with Gasteiger partial charge in [0.25, 0.3) is 0 Å². The lowest BCUT2D eigenvalue weighted by Gasteiger charge is -2.29. The van der Waals surface area contributed by atoms with Crippen LogP contribution in [0.1, 0.15) is 36.4 Å². The molecule has 1 amide bonds. The van der Waals surface area contributed by atoms with E-state index in [-0.39, 0.29) is 23.8 Å². The van der Waals surface area contributed by atoms with E-state index in [0.29, 0.717) is 6.61 Å². The van der Waals surface area contributed by atoms with E-state index in [1.54, 1.807) is 6.07 Å². The van der Waals surface area contributed by atoms with Crippen molar-refractivity contribution >= 4 is 5.91 Å². The molecule has 1 heterocycles. The molecule has 2 aromatic carbocycles. The molecule has 4 nitrogen and oxygen atoms in total. The summed E-state index contributed by atoms with van der Waals surface area (Å²) in [4.78, 5) is 11.3. The second-order valence-corrected chi connectivity index (χ2v) is 6.09. The molecule has 0 unspecified atom stereocenters. The molecule has 2 atom stereocenters. The highest BCUT2D eigenvalue weighted by molar-refractivity contribution is 5.80. The van der Waals surface area contributed by atoms with Crippen LogP contribution < -0.4 is 15.8 Å². The first-order chi connectivity index (χ1) is 11.6. The maximum atomic E-state index is 13.1. The quantitative estimate of drug-likeness (QED) is 0.886. The fraction of sp³-hybridized carbons (Fsp3) is 0.316. The Hall–Kier alpha value is -2.40. The van der Waals surface area contributed by atoms with Gasteiger partial charge in [-0.05, 0) is 54.7 Å². The minimum atomic E-state index is -0.297. The standard InChI is InChI=1S/C19H21FN2O2/c20-15-4-1-3-13(11-15)12-24-16-9-7-14(8-10-16)17-5-2-6-18(22-17)19(21)23/h1,3-4,7-11,17-18,22H,2,5-6,12H2,(H2,21,23)/t17-,18+/m1/s1. The van der Waals surface area contributed by atoms with E-state index in [1.807, 2.05) is 30.3 Å². The molecule has 0 aromatic heterocycles. The van der Waals surface area contributed by atoms with Gasteiger partial charge in [-0.3, -0.25) is 10.1 Å². The number of hydrogen-bond acceptors (Lipinski definition) is 3. The molecule has 3 rings (SSSR count). The van der Waals surface area contributed by atoms with Gasteiger partial charge in [-0.1, -0.05) is 24.3 Å². The Morgan fingerprint density at radius 1 is 1.21 bits per heavy atom. The van der Waals surface area contributed by atoms with Crippen molar-refractivity contribution < 1.29 is 13.9 Å². The maximum absolute atomic E-state index is 13.1. The molecule has 2 aromatic rings. The van der Waals surface area contributed by atoms with E-state index in [1.165, 1.54) is 12.1 Å². The molecule has 0 saturated carbocycles. The third-order valence-corrected chi connectivity index (χ3v) is 4.31. The van der Waals surface area contributed by atoms with Crippen LogP contribution >= 0.6 is 0 Å². The van der Waals surface area contributed by atoms with Gasteiger partial charge in [0.15, 0.2) is 0 Å². The van der Waals surface area contributed by atoms with Crippen LogP contribution in [0, 0.1) is 5.82 Å². The van der Waals surface area contributed by atoms with Crippen molar-refractivity contribution in [3.05, 3.63) is 65.5 Å². The monoisotopic (exact) mass is 328 g/mol. The Kier molecular flexibility index (Phi) is 5.11. The van der Waals surface area contributed by atoms with Gasteiger partial charge in [-0.2, -0.15) is 0 Å². The first-order valence-electron chi connectivity index (χ1n) is 8.14. The average molecular weight is 328 g/mol. The minimum absolute atomic E-state index is 0.133. The SMILES string of the molecule is NC(=O)[C@@H]1CCC[C@H](c2ccc(OCc3cccc(F)c3)cc2)N1. The number of hydrogen-bond donors (Lipinski definition) is 2. The molecular weight excluding hydrogens is 307 g/mol. The first kappa shape index (κ1) is 16.5. The Morgan fingerprint density at radius 3 is 2.71 bits per heavy atom. The summed E-state index contributed by atoms with van der Waals surface area (Å²) in [6.45, 7) is 0.322. The topological polar surface area (TPSA) is 64.4 Å². The highest BCUT2D eigenvalue weighted by atomic mass is 19.1. The normalized spacial score (nSPS) is 20.5. The molecule has 24 heavy (non-hydrogen) atoms. The predicted octanol–water partition coefficient (Wildman–Crippen LogP) is 3.07. The van der Waals surface area contributed by atoms with Crippen LogP contribution in [0.5, 0.6) is 5.75 Å². The van der Waals surface area contributed by atoms with Crippen molar-refractivity contribution in [1.82, 2.24) is 5.32 Å². The van der Waals surface area contributed by atoms with Crippen molar-refractivity contribution in [3.63, 3.8) is 0 Å². The Bertz CT molecular complexity index is 703. The van der Waals surface area contributed by atoms with E-state index in [0.717, 1.165) is 36.1 Å². The van der Waals surface area contributed by atoms with Crippen molar-refractivity contribution in [3.8, 4) is 5.75 Å². The summed E-state index contributed by atoms with van der Waals surface area (Å²) in [7, 11) is 0. The van der Waals surface area contributed by atoms with Gasteiger partial charge in [0.2, 0.25) is 5.91 Å². The lowest BCUT2D eigenvalue weighted by Crippen LogP contribution is -2.45. The number of nitrogens with two attached hydrogens (primary N) is 1. The predicted molar refractivity (Wildman–Crippen MR) is 89.9 cm³/mol. The lowest BCUT2D eigenvalue weighted by atomic mass is 9.93. The summed E-state index contributed by atoms with van der Waals surface area (Å²) in [6.07, 6.45) is 2.75. The molecule has 1 saturated heterocycles. The number of ether oxygens (including phenoxy) is 1. The zero-order valence-electron chi connectivity index (χ0n) is 13.4. The van der Waals surface area contributed by atoms with Gasteiger partial charge in [0.05, 0.1) is 6.04 Å². The van der Waals surface area contributed by atoms with Crippen molar-refractivity contribution in [2.75, 3.05) is 0 Å². The van der Waals surface area contributed by atoms with Gasteiger partial charge < -0.3 is 10.5 Å². The summed E-state index contributed by atoms with van der Waals surface area (Å²) in [5, 5.41) is 3.30. The Morgan fingerprint density at radius 2 is 2.00 bits per heavy atom. The molecule has 5 heteroatoms. The third-order valence-electron chi connectivity index (χ3n) is 4.31. The van der Waals surface area contributed by atoms with Crippen molar-refractivity contribution in [2.45, 2.75) is 38.0 Å². The fourth-order valence-corrected chi connectivity index (χ4v) is 3.01. The maximum Gasteiger partial charge on any atom is 0.234 e. The summed E-state index contributed by atoms with van der Waals surface area (Å²) >= 11 is 0. The highest BCUT2D eigenvalue weighted by Gasteiger charge is 2.25. The van der Waals surface area contributed by atoms with Crippen LogP contribution in [0.4, 0.5) is 4.39 Å². The number of carbonyl (C=O) groups is 1. The number of rotatable bonds is 5. The second-order valence-electron chi connectivity index (χ2n) is 6.09. The highest BCUT2D eigenvalue weighted by Crippen LogP contribution is 2.27. The van der Waals surface area contributed by atoms with E-state index >= 15 is 0 Å². The number of carbonyl (C=O) groups excluding carboxylic acids is 1. The summed E-state index contributed by atoms with van der Waals surface area (Å²) < 4.78 is 18.8. The van der Waals surface area contributed by atoms with Crippen LogP contribution in [-0.4, -0.2) is 11.9 Å². The van der Waals surface area contributed by atoms with E-state index in [9.17, 15) is 9.18 Å². The first-order valence-corrected chi connectivity index (χ1v) is 8.14. The number of halogens is 1. The van der Waals surface area contributed by atoms with Crippen molar-refractivity contribution in [1.29, 1.82) is 0 Å². The van der Waals surface area contributed by atoms with Gasteiger partial charge in [0.1, 0.15) is 18.2 Å². The lowest BCUT2D eigenvalue weighted by molar-refractivity contribution is -0.120. The zero-order valence-corrected chi connectivity index (χ0v) is 13.4. The zero-order chi connectivity index (χ0) is 16.9. The van der Waals surface area contributed by atoms with Crippen LogP contribution in [0.25, 0.3) is 0 Å². The van der Waals surface area contributed by atoms with E-state index in [4.69, 9.17) is 10.5 Å². The smallest absolute Gasteiger partial charge is 0.234 e. The molecule has 126 valence electrons. The number of amides is 1. The van der Waals surface area contributed by atoms with Gasteiger partial charge in [-0.25, -0.2) is 4.39 Å². The van der Waals surface area contributed by atoms with Gasteiger partial charge in [0, 0.05) is 6.04 Å². The third kappa shape index (κ3) is 4.11. The summed E-state index contributed by atoms with van der Waals surface area (Å²) in [5.41, 5.74) is 7.29. The van der Waals surface area contributed by atoms with Crippen LogP contribution in [-0.2, 0) is 11.4 Å². The Balaban J connectivity index is 1.60. The van der Waals surface area contributed by atoms with Gasteiger partial charge in [-0.15, -0.1) is 0 Å². The molecule has 3 N–H and O–H groups in total. The molecule has 0 aliphatic carbocycles. The second kappa shape index (κ2) is 7.45. The molecule has 1 aliphatic rings. The minimum Gasteiger partial charge on any atom is -0.489 e. The molecule has 0 spiro atoms. The summed E-state index contributed by atoms with van der Waals surface area (Å²) in [6, 6.07) is 14.0. The van der Waals surface area contributed by atoms with E-state index in [2.05, 4.69) is 5.32 Å². The molecule has 0 bridgehead atoms. The Labute approximate surface area is 140 Å². The largest absolute Gasteiger partial charge is 0.489 e. The fourth-order valence-electron chi connectivity index (χ4n) is 3.01. The van der Waals surface area contributed by atoms with E-state index < -0.39 is 0 Å². The van der Waals surface area contributed by atoms with Crippen LogP contribution in [0.15, 0.2) is 48.5 Å². The van der Waals surface area contributed by atoms with Gasteiger partial charge >= 0.3 is 0 Å². The van der Waals surface area contributed by atoms with Crippen LogP contribution in [0.2, 0.25) is 0 Å². The molecule has 1 fully saturated rings. The summed E-state index contributed by atoms with van der Waals surface area (Å²) in [5.74, 6) is 0.166. The number of piperidine rings is 1. The van der Waals surface area contributed by atoms with Crippen molar-refractivity contribution in [2.24, 2.45) is 5.73 Å². The molecule has 1 aliphatic heterocycles. The number of primary amides is 1. The molecule has 0 radical (unpaired) electrons. The van der Waals surface area contributed by atoms with Crippen LogP contribution in [0.3, 0.4) is 0 Å². The average Bonchev–Trinajstić information content (AvgIpc) is 2.60. The molecular formula is C19H21FN2O2. The number of nitrogens with one attached hydrogen (secondary N) is 1.